The van der Waals surface area contributed by atoms with Gasteiger partial charge in [0, 0.05) is 18.4 Å². The predicted octanol–water partition coefficient (Wildman–Crippen LogP) is 2.81. The van der Waals surface area contributed by atoms with Crippen molar-refractivity contribution < 1.29 is 0 Å². The molecule has 1 aromatic heterocycles. The first-order valence-corrected chi connectivity index (χ1v) is 7.13. The Balaban J connectivity index is 1.45. The summed E-state index contributed by atoms with van der Waals surface area (Å²) in [5, 5.41) is 3.70. The Labute approximate surface area is 110 Å². The van der Waals surface area contributed by atoms with E-state index >= 15 is 0 Å². The van der Waals surface area contributed by atoms with Gasteiger partial charge in [0.2, 0.25) is 0 Å². The van der Waals surface area contributed by atoms with Gasteiger partial charge in [0.1, 0.15) is 0 Å². The van der Waals surface area contributed by atoms with E-state index in [0.29, 0.717) is 6.04 Å². The van der Waals surface area contributed by atoms with Gasteiger partial charge in [-0.05, 0) is 68.2 Å². The maximum atomic E-state index is 4.05. The summed E-state index contributed by atoms with van der Waals surface area (Å²) < 4.78 is 0. The zero-order valence-corrected chi connectivity index (χ0v) is 11.0. The van der Waals surface area contributed by atoms with Gasteiger partial charge in [-0.25, -0.2) is 0 Å². The fraction of sp³-hybridized carbons (Fsp3) is 0.562. The van der Waals surface area contributed by atoms with Gasteiger partial charge in [-0.15, -0.1) is 0 Å². The molecule has 1 saturated carbocycles. The van der Waals surface area contributed by atoms with Crippen LogP contribution in [0, 0.1) is 17.8 Å². The van der Waals surface area contributed by atoms with Crippen LogP contribution < -0.4 is 5.32 Å². The molecule has 0 amide bonds. The molecule has 1 N–H and O–H groups in total. The number of hydrogen-bond donors (Lipinski definition) is 1. The summed E-state index contributed by atoms with van der Waals surface area (Å²) in [7, 11) is 0. The van der Waals surface area contributed by atoms with Crippen LogP contribution in [-0.2, 0) is 6.42 Å². The Morgan fingerprint density at radius 3 is 2.78 bits per heavy atom. The van der Waals surface area contributed by atoms with E-state index in [4.69, 9.17) is 0 Å². The number of nitrogens with one attached hydrogen (secondary N) is 1. The molecule has 0 radical (unpaired) electrons. The van der Waals surface area contributed by atoms with Crippen molar-refractivity contribution in [3.63, 3.8) is 0 Å². The van der Waals surface area contributed by atoms with E-state index in [-0.39, 0.29) is 0 Å². The Kier molecular flexibility index (Phi) is 3.46. The number of rotatable bonds is 5. The maximum Gasteiger partial charge on any atom is 0.0270 e. The fourth-order valence-electron chi connectivity index (χ4n) is 3.54. The number of aromatic nitrogens is 1. The highest BCUT2D eigenvalue weighted by Crippen LogP contribution is 2.44. The molecule has 2 bridgehead atoms. The molecule has 1 fully saturated rings. The highest BCUT2D eigenvalue weighted by Gasteiger charge is 2.38. The van der Waals surface area contributed by atoms with Crippen molar-refractivity contribution in [2.75, 3.05) is 6.54 Å². The summed E-state index contributed by atoms with van der Waals surface area (Å²) in [5.41, 5.74) is 1.37. The molecular formula is C16H22N2. The standard InChI is InChI=1S/C16H22N2/c1-12(16-11-14-2-3-15(16)10-14)18-9-6-13-4-7-17-8-5-13/h2-5,7-8,12,14-16,18H,6,9-11H2,1H3. The van der Waals surface area contributed by atoms with Gasteiger partial charge in [-0.2, -0.15) is 0 Å². The van der Waals surface area contributed by atoms with E-state index in [1.54, 1.807) is 0 Å². The van der Waals surface area contributed by atoms with Crippen LogP contribution in [0.5, 0.6) is 0 Å². The van der Waals surface area contributed by atoms with Crippen LogP contribution in [0.3, 0.4) is 0 Å². The minimum atomic E-state index is 0.645. The van der Waals surface area contributed by atoms with Crippen molar-refractivity contribution in [1.82, 2.24) is 10.3 Å². The third-order valence-electron chi connectivity index (χ3n) is 4.60. The minimum Gasteiger partial charge on any atom is -0.314 e. The molecule has 2 heteroatoms. The molecular weight excluding hydrogens is 220 g/mol. The summed E-state index contributed by atoms with van der Waals surface area (Å²) in [6.45, 7) is 3.43. The SMILES string of the molecule is CC(NCCc1ccncc1)C1CC2C=CC1C2. The number of nitrogens with zero attached hydrogens (tertiary/aromatic N) is 1. The van der Waals surface area contributed by atoms with E-state index in [0.717, 1.165) is 30.7 Å². The van der Waals surface area contributed by atoms with Crippen LogP contribution in [0.1, 0.15) is 25.3 Å². The molecule has 96 valence electrons. The quantitative estimate of drug-likeness (QED) is 0.803. The molecule has 4 atom stereocenters. The zero-order valence-electron chi connectivity index (χ0n) is 11.0. The van der Waals surface area contributed by atoms with E-state index in [2.05, 4.69) is 41.5 Å². The van der Waals surface area contributed by atoms with Crippen LogP contribution in [-0.4, -0.2) is 17.6 Å². The minimum absolute atomic E-state index is 0.645. The summed E-state index contributed by atoms with van der Waals surface area (Å²) in [5.74, 6) is 2.58. The molecule has 18 heavy (non-hydrogen) atoms. The van der Waals surface area contributed by atoms with Gasteiger partial charge < -0.3 is 5.32 Å². The van der Waals surface area contributed by atoms with Gasteiger partial charge in [0.15, 0.2) is 0 Å². The summed E-state index contributed by atoms with van der Waals surface area (Å²) in [4.78, 5) is 4.05. The molecule has 3 rings (SSSR count). The van der Waals surface area contributed by atoms with Crippen molar-refractivity contribution in [3.05, 3.63) is 42.2 Å². The molecule has 0 aliphatic heterocycles. The average molecular weight is 242 g/mol. The van der Waals surface area contributed by atoms with E-state index in [9.17, 15) is 0 Å². The molecule has 1 heterocycles. The number of allylic oxidation sites excluding steroid dienone is 2. The van der Waals surface area contributed by atoms with Crippen LogP contribution >= 0.6 is 0 Å². The molecule has 2 aliphatic rings. The predicted molar refractivity (Wildman–Crippen MR) is 74.2 cm³/mol. The van der Waals surface area contributed by atoms with E-state index in [1.165, 1.54) is 18.4 Å². The van der Waals surface area contributed by atoms with Crippen molar-refractivity contribution >= 4 is 0 Å². The summed E-state index contributed by atoms with van der Waals surface area (Å²) in [6.07, 6.45) is 12.5. The van der Waals surface area contributed by atoms with Gasteiger partial charge in [0.25, 0.3) is 0 Å². The number of pyridine rings is 1. The van der Waals surface area contributed by atoms with E-state index in [1.807, 2.05) is 12.4 Å². The first kappa shape index (κ1) is 11.9. The average Bonchev–Trinajstić information content (AvgIpc) is 3.02. The van der Waals surface area contributed by atoms with Crippen LogP contribution in [0.2, 0.25) is 0 Å². The lowest BCUT2D eigenvalue weighted by atomic mass is 9.87. The Bertz CT molecular complexity index is 412. The Morgan fingerprint density at radius 1 is 1.28 bits per heavy atom. The van der Waals surface area contributed by atoms with Crippen molar-refractivity contribution in [2.45, 2.75) is 32.2 Å². The molecule has 0 spiro atoms. The van der Waals surface area contributed by atoms with Crippen molar-refractivity contribution in [3.8, 4) is 0 Å². The van der Waals surface area contributed by atoms with Crippen LogP contribution in [0.25, 0.3) is 0 Å². The van der Waals surface area contributed by atoms with Crippen LogP contribution in [0.4, 0.5) is 0 Å². The van der Waals surface area contributed by atoms with Crippen LogP contribution in [0.15, 0.2) is 36.7 Å². The fourth-order valence-corrected chi connectivity index (χ4v) is 3.54. The van der Waals surface area contributed by atoms with Gasteiger partial charge in [-0.1, -0.05) is 12.2 Å². The number of hydrogen-bond acceptors (Lipinski definition) is 2. The smallest absolute Gasteiger partial charge is 0.0270 e. The largest absolute Gasteiger partial charge is 0.314 e. The second kappa shape index (κ2) is 5.23. The summed E-state index contributed by atoms with van der Waals surface area (Å²) >= 11 is 0. The Hall–Kier alpha value is -1.15. The van der Waals surface area contributed by atoms with E-state index < -0.39 is 0 Å². The third kappa shape index (κ3) is 2.49. The van der Waals surface area contributed by atoms with Crippen molar-refractivity contribution in [1.29, 1.82) is 0 Å². The lowest BCUT2D eigenvalue weighted by molar-refractivity contribution is 0.329. The molecule has 0 saturated heterocycles. The Morgan fingerprint density at radius 2 is 2.11 bits per heavy atom. The topological polar surface area (TPSA) is 24.9 Å². The second-order valence-electron chi connectivity index (χ2n) is 5.79. The molecule has 2 nitrogen and oxygen atoms in total. The molecule has 1 aromatic rings. The third-order valence-corrected chi connectivity index (χ3v) is 4.60. The second-order valence-corrected chi connectivity index (χ2v) is 5.79. The summed E-state index contributed by atoms with van der Waals surface area (Å²) in [6, 6.07) is 4.85. The molecule has 0 aromatic carbocycles. The molecule has 2 aliphatic carbocycles. The number of fused-ring (bicyclic) bond motifs is 2. The highest BCUT2D eigenvalue weighted by atomic mass is 14.9. The maximum absolute atomic E-state index is 4.05. The van der Waals surface area contributed by atoms with Gasteiger partial charge in [0.05, 0.1) is 0 Å². The first-order chi connectivity index (χ1) is 8.83. The highest BCUT2D eigenvalue weighted by molar-refractivity contribution is 5.12. The molecule has 4 unspecified atom stereocenters. The monoisotopic (exact) mass is 242 g/mol. The lowest BCUT2D eigenvalue weighted by Gasteiger charge is -2.26. The van der Waals surface area contributed by atoms with Crippen molar-refractivity contribution in [2.24, 2.45) is 17.8 Å². The normalized spacial score (nSPS) is 30.8. The van der Waals surface area contributed by atoms with Gasteiger partial charge in [-0.3, -0.25) is 4.98 Å². The zero-order chi connectivity index (χ0) is 12.4. The first-order valence-electron chi connectivity index (χ1n) is 7.13. The van der Waals surface area contributed by atoms with Gasteiger partial charge >= 0.3 is 0 Å². The lowest BCUT2D eigenvalue weighted by Crippen LogP contribution is -2.36.